The Balaban J connectivity index is 3.70. The fourth-order valence-electron chi connectivity index (χ4n) is 0.229. The zero-order valence-electron chi connectivity index (χ0n) is 4.84. The summed E-state index contributed by atoms with van der Waals surface area (Å²) < 4.78 is 4.19. The molecule has 0 unspecified atom stereocenters. The lowest BCUT2D eigenvalue weighted by Gasteiger charge is -1.88. The summed E-state index contributed by atoms with van der Waals surface area (Å²) in [6, 6.07) is 0. The van der Waals surface area contributed by atoms with Crippen molar-refractivity contribution in [3.05, 3.63) is 11.8 Å². The van der Waals surface area contributed by atoms with Gasteiger partial charge < -0.3 is 9.84 Å². The van der Waals surface area contributed by atoms with Gasteiger partial charge in [0.2, 0.25) is 0 Å². The van der Waals surface area contributed by atoms with E-state index in [2.05, 4.69) is 4.74 Å². The Hall–Kier alpha value is -0.990. The van der Waals surface area contributed by atoms with Gasteiger partial charge in [-0.3, -0.25) is 0 Å². The van der Waals surface area contributed by atoms with Crippen LogP contribution in [0.1, 0.15) is 6.92 Å². The average Bonchev–Trinajstić information content (AvgIpc) is 1.65. The third-order valence-corrected chi connectivity index (χ3v) is 0.528. The molecule has 3 heteroatoms. The Morgan fingerprint density at radius 1 is 1.75 bits per heavy atom. The number of aliphatic hydroxyl groups is 1. The number of esters is 1. The summed E-state index contributed by atoms with van der Waals surface area (Å²) in [5.74, 6) is -0.582. The molecule has 0 aliphatic carbocycles. The second-order valence-electron chi connectivity index (χ2n) is 1.31. The molecule has 0 aromatic rings. The van der Waals surface area contributed by atoms with Crippen LogP contribution < -0.4 is 0 Å². The zero-order chi connectivity index (χ0) is 6.57. The molecule has 0 amide bonds. The maximum absolute atomic E-state index is 10.2. The van der Waals surface area contributed by atoms with Crippen LogP contribution in [-0.2, 0) is 9.53 Å². The molecular weight excluding hydrogens is 108 g/mol. The van der Waals surface area contributed by atoms with Gasteiger partial charge in [-0.15, -0.1) is 0 Å². The highest BCUT2D eigenvalue weighted by molar-refractivity contribution is 5.82. The SMILES string of the molecule is COC(=O)/C=C(/C)O. The van der Waals surface area contributed by atoms with Crippen molar-refractivity contribution in [1.29, 1.82) is 0 Å². The Morgan fingerprint density at radius 2 is 2.25 bits per heavy atom. The molecule has 0 aliphatic heterocycles. The van der Waals surface area contributed by atoms with Crippen molar-refractivity contribution in [3.8, 4) is 0 Å². The van der Waals surface area contributed by atoms with Crippen molar-refractivity contribution in [3.63, 3.8) is 0 Å². The molecule has 8 heavy (non-hydrogen) atoms. The summed E-state index contributed by atoms with van der Waals surface area (Å²) in [6.07, 6.45) is 1.00. The van der Waals surface area contributed by atoms with Crippen LogP contribution in [0.3, 0.4) is 0 Å². The van der Waals surface area contributed by atoms with E-state index in [-0.39, 0.29) is 5.76 Å². The fourth-order valence-corrected chi connectivity index (χ4v) is 0.229. The Kier molecular flexibility index (Phi) is 2.69. The molecule has 3 nitrogen and oxygen atoms in total. The van der Waals surface area contributed by atoms with Crippen molar-refractivity contribution < 1.29 is 14.6 Å². The van der Waals surface area contributed by atoms with Gasteiger partial charge in [0.1, 0.15) is 0 Å². The van der Waals surface area contributed by atoms with Gasteiger partial charge >= 0.3 is 5.97 Å². The molecule has 0 radical (unpaired) electrons. The summed E-state index contributed by atoms with van der Waals surface area (Å²) in [4.78, 5) is 10.2. The van der Waals surface area contributed by atoms with Crippen LogP contribution in [0, 0.1) is 0 Å². The number of hydrogen-bond acceptors (Lipinski definition) is 3. The Labute approximate surface area is 47.6 Å². The quantitative estimate of drug-likeness (QED) is 0.310. The van der Waals surface area contributed by atoms with Gasteiger partial charge in [-0.1, -0.05) is 0 Å². The first-order valence-electron chi connectivity index (χ1n) is 2.12. The van der Waals surface area contributed by atoms with Crippen molar-refractivity contribution in [2.24, 2.45) is 0 Å². The second kappa shape index (κ2) is 3.07. The monoisotopic (exact) mass is 116 g/mol. The molecule has 0 aliphatic rings. The first kappa shape index (κ1) is 7.01. The van der Waals surface area contributed by atoms with Crippen LogP contribution in [0.4, 0.5) is 0 Å². The van der Waals surface area contributed by atoms with Crippen LogP contribution in [0.2, 0.25) is 0 Å². The summed E-state index contributed by atoms with van der Waals surface area (Å²) >= 11 is 0. The lowest BCUT2D eigenvalue weighted by atomic mass is 10.5. The molecule has 0 saturated carbocycles. The number of rotatable bonds is 1. The molecule has 0 aromatic carbocycles. The molecule has 1 N–H and O–H groups in total. The molecule has 0 bridgehead atoms. The van der Waals surface area contributed by atoms with Gasteiger partial charge in [-0.25, -0.2) is 4.79 Å². The van der Waals surface area contributed by atoms with Gasteiger partial charge in [0.25, 0.3) is 0 Å². The summed E-state index contributed by atoms with van der Waals surface area (Å²) in [6.45, 7) is 1.40. The molecular formula is C5H8O3. The van der Waals surface area contributed by atoms with Crippen LogP contribution >= 0.6 is 0 Å². The van der Waals surface area contributed by atoms with E-state index in [9.17, 15) is 4.79 Å². The number of aliphatic hydroxyl groups excluding tert-OH is 1. The number of carbonyl (C=O) groups is 1. The second-order valence-corrected chi connectivity index (χ2v) is 1.31. The van der Waals surface area contributed by atoms with Crippen LogP contribution in [0.25, 0.3) is 0 Å². The van der Waals surface area contributed by atoms with Crippen LogP contribution in [0.5, 0.6) is 0 Å². The fraction of sp³-hybridized carbons (Fsp3) is 0.400. The number of methoxy groups -OCH3 is 1. The van der Waals surface area contributed by atoms with E-state index in [0.29, 0.717) is 0 Å². The standard InChI is InChI=1S/C5H8O3/c1-4(6)3-5(7)8-2/h3,6H,1-2H3/b4-3-. The van der Waals surface area contributed by atoms with Gasteiger partial charge in [0, 0.05) is 0 Å². The lowest BCUT2D eigenvalue weighted by molar-refractivity contribution is -0.135. The van der Waals surface area contributed by atoms with E-state index in [0.717, 1.165) is 6.08 Å². The van der Waals surface area contributed by atoms with E-state index < -0.39 is 5.97 Å². The molecule has 0 fully saturated rings. The van der Waals surface area contributed by atoms with Crippen molar-refractivity contribution in [2.75, 3.05) is 7.11 Å². The molecule has 0 atom stereocenters. The highest BCUT2D eigenvalue weighted by Crippen LogP contribution is 1.84. The van der Waals surface area contributed by atoms with Crippen molar-refractivity contribution in [1.82, 2.24) is 0 Å². The zero-order valence-corrected chi connectivity index (χ0v) is 4.84. The van der Waals surface area contributed by atoms with Gasteiger partial charge in [0.15, 0.2) is 0 Å². The van der Waals surface area contributed by atoms with Crippen LogP contribution in [-0.4, -0.2) is 18.2 Å². The molecule has 0 rings (SSSR count). The summed E-state index contributed by atoms with van der Waals surface area (Å²) in [5.41, 5.74) is 0. The molecule has 0 aromatic heterocycles. The Bertz CT molecular complexity index is 111. The molecule has 0 heterocycles. The maximum atomic E-state index is 10.2. The predicted molar refractivity (Wildman–Crippen MR) is 28.4 cm³/mol. The highest BCUT2D eigenvalue weighted by Gasteiger charge is 1.91. The van der Waals surface area contributed by atoms with E-state index in [1.54, 1.807) is 0 Å². The minimum absolute atomic E-state index is 0.0446. The molecule has 0 saturated heterocycles. The largest absolute Gasteiger partial charge is 0.512 e. The van der Waals surface area contributed by atoms with E-state index >= 15 is 0 Å². The minimum Gasteiger partial charge on any atom is -0.512 e. The van der Waals surface area contributed by atoms with Crippen LogP contribution in [0.15, 0.2) is 11.8 Å². The number of allylic oxidation sites excluding steroid dienone is 1. The molecule has 0 spiro atoms. The lowest BCUT2D eigenvalue weighted by Crippen LogP contribution is -1.94. The third kappa shape index (κ3) is 3.21. The first-order valence-corrected chi connectivity index (χ1v) is 2.12. The third-order valence-electron chi connectivity index (χ3n) is 0.528. The molecule has 46 valence electrons. The van der Waals surface area contributed by atoms with E-state index in [4.69, 9.17) is 5.11 Å². The number of hydrogen-bond donors (Lipinski definition) is 1. The van der Waals surface area contributed by atoms with Gasteiger partial charge in [0.05, 0.1) is 18.9 Å². The van der Waals surface area contributed by atoms with Gasteiger partial charge in [-0.05, 0) is 6.92 Å². The van der Waals surface area contributed by atoms with Gasteiger partial charge in [-0.2, -0.15) is 0 Å². The average molecular weight is 116 g/mol. The summed E-state index contributed by atoms with van der Waals surface area (Å²) in [5, 5.41) is 8.41. The summed E-state index contributed by atoms with van der Waals surface area (Å²) in [7, 11) is 1.25. The Morgan fingerprint density at radius 3 is 2.38 bits per heavy atom. The normalized spacial score (nSPS) is 11.0. The number of ether oxygens (including phenoxy) is 1. The van der Waals surface area contributed by atoms with Crippen molar-refractivity contribution >= 4 is 5.97 Å². The predicted octanol–water partition coefficient (Wildman–Crippen LogP) is 0.621. The highest BCUT2D eigenvalue weighted by atomic mass is 16.5. The topological polar surface area (TPSA) is 46.5 Å². The smallest absolute Gasteiger partial charge is 0.333 e. The van der Waals surface area contributed by atoms with E-state index in [1.165, 1.54) is 14.0 Å². The number of carbonyl (C=O) groups excluding carboxylic acids is 1. The van der Waals surface area contributed by atoms with E-state index in [1.807, 2.05) is 0 Å². The maximum Gasteiger partial charge on any atom is 0.333 e. The first-order chi connectivity index (χ1) is 3.66. The minimum atomic E-state index is -0.537. The van der Waals surface area contributed by atoms with Crippen molar-refractivity contribution in [2.45, 2.75) is 6.92 Å².